The number of halogens is 4. The van der Waals surface area contributed by atoms with Gasteiger partial charge in [-0.1, -0.05) is 0 Å². The maximum absolute atomic E-state index is 14.7. The van der Waals surface area contributed by atoms with Crippen LogP contribution in [0.3, 0.4) is 0 Å². The van der Waals surface area contributed by atoms with Gasteiger partial charge in [0, 0.05) is 32.4 Å². The number of piperazine rings is 1. The second-order valence-electron chi connectivity index (χ2n) is 9.12. The maximum atomic E-state index is 14.7. The predicted molar refractivity (Wildman–Crippen MR) is 127 cm³/mol. The van der Waals surface area contributed by atoms with Crippen LogP contribution in [0, 0.1) is 5.82 Å². The van der Waals surface area contributed by atoms with Crippen LogP contribution >= 0.6 is 0 Å². The number of carbonyl (C=O) groups excluding carboxylic acids is 1. The van der Waals surface area contributed by atoms with Gasteiger partial charge < -0.3 is 14.5 Å². The molecule has 1 saturated heterocycles. The van der Waals surface area contributed by atoms with Gasteiger partial charge in [0.2, 0.25) is 0 Å². The van der Waals surface area contributed by atoms with Gasteiger partial charge in [-0.05, 0) is 48.4 Å². The number of carbonyl (C=O) groups is 1. The van der Waals surface area contributed by atoms with Crippen molar-refractivity contribution < 1.29 is 43.9 Å². The van der Waals surface area contributed by atoms with Crippen molar-refractivity contribution in [2.75, 3.05) is 37.3 Å². The monoisotopic (exact) mass is 564 g/mol. The Bertz CT molecular complexity index is 1450. The molecule has 1 atom stereocenters. The van der Waals surface area contributed by atoms with Crippen LogP contribution in [0.1, 0.15) is 28.4 Å². The molecule has 0 aromatic heterocycles. The molecule has 37 heavy (non-hydrogen) atoms. The van der Waals surface area contributed by atoms with Crippen LogP contribution in [-0.2, 0) is 31.2 Å². The minimum absolute atomic E-state index is 0.0605. The van der Waals surface area contributed by atoms with Crippen molar-refractivity contribution in [2.45, 2.75) is 35.6 Å². The third-order valence-corrected chi connectivity index (χ3v) is 8.91. The standard InChI is InChI=1S/C23H24F4N2O6S2/c1-14(23(25,26)27)35-21-4-3-17(36(2,31)32)11-18(21)22(30)29-7-5-28(6-8-29)20-10-16-13-37(33,34)12-15(16)9-19(20)24/h3-4,9-11,14H,5-8,12-13H2,1-2H3/t14-/m0/s1. The highest BCUT2D eigenvalue weighted by atomic mass is 32.2. The van der Waals surface area contributed by atoms with E-state index in [1.807, 2.05) is 0 Å². The van der Waals surface area contributed by atoms with Gasteiger partial charge in [0.15, 0.2) is 25.8 Å². The molecule has 2 aromatic carbocycles. The fraction of sp³-hybridized carbons (Fsp3) is 0.435. The van der Waals surface area contributed by atoms with Crippen molar-refractivity contribution in [2.24, 2.45) is 0 Å². The molecule has 2 aromatic rings. The Hall–Kier alpha value is -2.87. The van der Waals surface area contributed by atoms with Crippen LogP contribution in [0.25, 0.3) is 0 Å². The minimum atomic E-state index is -4.71. The molecule has 0 spiro atoms. The summed E-state index contributed by atoms with van der Waals surface area (Å²) in [7, 11) is -7.09. The van der Waals surface area contributed by atoms with E-state index >= 15 is 0 Å². The van der Waals surface area contributed by atoms with E-state index in [9.17, 15) is 39.2 Å². The lowest BCUT2D eigenvalue weighted by Gasteiger charge is -2.36. The van der Waals surface area contributed by atoms with E-state index in [0.717, 1.165) is 31.4 Å². The largest absolute Gasteiger partial charge is 0.480 e. The number of anilines is 1. The second kappa shape index (κ2) is 9.46. The zero-order valence-electron chi connectivity index (χ0n) is 19.9. The Morgan fingerprint density at radius 2 is 1.62 bits per heavy atom. The molecule has 4 rings (SSSR count). The number of hydrogen-bond donors (Lipinski definition) is 0. The van der Waals surface area contributed by atoms with E-state index < -0.39 is 49.4 Å². The number of ether oxygens (including phenoxy) is 1. The van der Waals surface area contributed by atoms with E-state index in [1.54, 1.807) is 4.90 Å². The first-order valence-corrected chi connectivity index (χ1v) is 14.9. The summed E-state index contributed by atoms with van der Waals surface area (Å²) in [5.41, 5.74) is 0.806. The van der Waals surface area contributed by atoms with Crippen molar-refractivity contribution >= 4 is 31.3 Å². The molecular formula is C23H24F4N2O6S2. The van der Waals surface area contributed by atoms with Gasteiger partial charge in [0.05, 0.1) is 27.7 Å². The van der Waals surface area contributed by atoms with Crippen LogP contribution in [0.5, 0.6) is 5.75 Å². The van der Waals surface area contributed by atoms with Gasteiger partial charge in [0.25, 0.3) is 5.91 Å². The van der Waals surface area contributed by atoms with E-state index in [4.69, 9.17) is 4.74 Å². The lowest BCUT2D eigenvalue weighted by atomic mass is 10.1. The maximum Gasteiger partial charge on any atom is 0.425 e. The molecule has 0 bridgehead atoms. The molecule has 1 fully saturated rings. The molecule has 8 nitrogen and oxygen atoms in total. The lowest BCUT2D eigenvalue weighted by Crippen LogP contribution is -2.49. The Balaban J connectivity index is 1.55. The quantitative estimate of drug-likeness (QED) is 0.515. The number of amides is 1. The summed E-state index contributed by atoms with van der Waals surface area (Å²) in [6, 6.07) is 5.78. The van der Waals surface area contributed by atoms with Crippen LogP contribution in [0.4, 0.5) is 23.2 Å². The molecule has 2 aliphatic heterocycles. The predicted octanol–water partition coefficient (Wildman–Crippen LogP) is 2.95. The van der Waals surface area contributed by atoms with Crippen molar-refractivity contribution in [3.63, 3.8) is 0 Å². The average Bonchev–Trinajstić information content (AvgIpc) is 3.09. The van der Waals surface area contributed by atoms with Crippen molar-refractivity contribution in [3.05, 3.63) is 52.8 Å². The van der Waals surface area contributed by atoms with Crippen molar-refractivity contribution in [1.29, 1.82) is 0 Å². The average molecular weight is 565 g/mol. The highest BCUT2D eigenvalue weighted by Crippen LogP contribution is 2.33. The normalized spacial score (nSPS) is 18.4. The third kappa shape index (κ3) is 5.84. The van der Waals surface area contributed by atoms with Gasteiger partial charge in [-0.25, -0.2) is 21.2 Å². The Morgan fingerprint density at radius 1 is 1.03 bits per heavy atom. The van der Waals surface area contributed by atoms with Crippen LogP contribution in [0.15, 0.2) is 35.2 Å². The number of sulfone groups is 2. The van der Waals surface area contributed by atoms with E-state index in [-0.39, 0.29) is 53.8 Å². The summed E-state index contributed by atoms with van der Waals surface area (Å²) in [6.45, 7) is 1.22. The number of fused-ring (bicyclic) bond motifs is 1. The molecule has 14 heteroatoms. The number of benzene rings is 2. The summed E-state index contributed by atoms with van der Waals surface area (Å²) >= 11 is 0. The first kappa shape index (κ1) is 27.2. The van der Waals surface area contributed by atoms with Gasteiger partial charge >= 0.3 is 6.18 Å². The summed E-state index contributed by atoms with van der Waals surface area (Å²) in [4.78, 5) is 16.0. The lowest BCUT2D eigenvalue weighted by molar-refractivity contribution is -0.189. The second-order valence-corrected chi connectivity index (χ2v) is 13.2. The number of hydrogen-bond acceptors (Lipinski definition) is 7. The zero-order valence-corrected chi connectivity index (χ0v) is 21.5. The molecular weight excluding hydrogens is 540 g/mol. The van der Waals surface area contributed by atoms with Gasteiger partial charge in [0.1, 0.15) is 11.6 Å². The Kier molecular flexibility index (Phi) is 6.95. The summed E-state index contributed by atoms with van der Waals surface area (Å²) in [5, 5.41) is 0. The molecule has 2 heterocycles. The Morgan fingerprint density at radius 3 is 2.19 bits per heavy atom. The number of nitrogens with zero attached hydrogens (tertiary/aromatic N) is 2. The number of alkyl halides is 3. The zero-order chi connectivity index (χ0) is 27.3. The molecule has 0 radical (unpaired) electrons. The summed E-state index contributed by atoms with van der Waals surface area (Å²) < 4.78 is 107. The van der Waals surface area contributed by atoms with E-state index in [2.05, 4.69) is 0 Å². The van der Waals surface area contributed by atoms with E-state index in [0.29, 0.717) is 11.1 Å². The molecule has 2 aliphatic rings. The van der Waals surface area contributed by atoms with Gasteiger partial charge in [-0.3, -0.25) is 4.79 Å². The van der Waals surface area contributed by atoms with Crippen molar-refractivity contribution in [1.82, 2.24) is 4.90 Å². The first-order chi connectivity index (χ1) is 17.0. The minimum Gasteiger partial charge on any atom is -0.480 e. The highest BCUT2D eigenvalue weighted by Gasteiger charge is 2.39. The van der Waals surface area contributed by atoms with Gasteiger partial charge in [-0.15, -0.1) is 0 Å². The molecule has 1 amide bonds. The summed E-state index contributed by atoms with van der Waals surface area (Å²) in [6.07, 6.45) is -6.04. The fourth-order valence-electron chi connectivity index (χ4n) is 4.27. The SMILES string of the molecule is C[C@H](Oc1ccc(S(C)(=O)=O)cc1C(=O)N1CCN(c2cc3c(cc2F)CS(=O)(=O)C3)CC1)C(F)(F)F. The molecule has 0 unspecified atom stereocenters. The van der Waals surface area contributed by atoms with Crippen molar-refractivity contribution in [3.8, 4) is 5.75 Å². The van der Waals surface area contributed by atoms with Crippen LogP contribution in [0.2, 0.25) is 0 Å². The van der Waals surface area contributed by atoms with Gasteiger partial charge in [-0.2, -0.15) is 13.2 Å². The molecule has 202 valence electrons. The summed E-state index contributed by atoms with van der Waals surface area (Å²) in [5.74, 6) is -2.12. The molecule has 0 saturated carbocycles. The first-order valence-electron chi connectivity index (χ1n) is 11.2. The number of rotatable bonds is 5. The molecule has 0 N–H and O–H groups in total. The van der Waals surface area contributed by atoms with Crippen LogP contribution < -0.4 is 9.64 Å². The fourth-order valence-corrected chi connectivity index (χ4v) is 6.50. The molecule has 0 aliphatic carbocycles. The topological polar surface area (TPSA) is 101 Å². The highest BCUT2D eigenvalue weighted by molar-refractivity contribution is 7.90. The smallest absolute Gasteiger partial charge is 0.425 e. The van der Waals surface area contributed by atoms with Crippen LogP contribution in [-0.4, -0.2) is 72.4 Å². The third-order valence-electron chi connectivity index (χ3n) is 6.30. The Labute approximate surface area is 211 Å². The van der Waals surface area contributed by atoms with E-state index in [1.165, 1.54) is 17.0 Å².